The summed E-state index contributed by atoms with van der Waals surface area (Å²) in [6.45, 7) is 7.33. The van der Waals surface area contributed by atoms with Crippen LogP contribution in [0.3, 0.4) is 0 Å². The molecule has 0 unspecified atom stereocenters. The van der Waals surface area contributed by atoms with E-state index in [0.717, 1.165) is 40.8 Å². The van der Waals surface area contributed by atoms with Crippen LogP contribution in [0.1, 0.15) is 27.2 Å². The molecule has 7 heteroatoms. The van der Waals surface area contributed by atoms with Crippen LogP contribution in [0.25, 0.3) is 22.0 Å². The fourth-order valence-electron chi connectivity index (χ4n) is 3.75. The number of pyridine rings is 1. The third-order valence-corrected chi connectivity index (χ3v) is 5.37. The van der Waals surface area contributed by atoms with Gasteiger partial charge in [-0.25, -0.2) is 15.0 Å². The van der Waals surface area contributed by atoms with E-state index in [1.54, 1.807) is 19.6 Å². The molecule has 4 rings (SSSR count). The number of nitrogens with one attached hydrogen (secondary N) is 1. The minimum absolute atomic E-state index is 0.167. The third-order valence-electron chi connectivity index (χ3n) is 5.37. The number of methoxy groups -OCH3 is 1. The molecular weight excluding hydrogens is 378 g/mol. The largest absolute Gasteiger partial charge is 0.481 e. The molecule has 2 aromatic heterocycles. The van der Waals surface area contributed by atoms with E-state index in [-0.39, 0.29) is 17.4 Å². The molecule has 3 heterocycles. The molecule has 3 aromatic rings. The summed E-state index contributed by atoms with van der Waals surface area (Å²) in [5.41, 5.74) is 2.54. The summed E-state index contributed by atoms with van der Waals surface area (Å²) < 4.78 is 5.15. The summed E-state index contributed by atoms with van der Waals surface area (Å²) in [6, 6.07) is 10.1. The predicted octanol–water partition coefficient (Wildman–Crippen LogP) is 3.76. The second-order valence-electron chi connectivity index (χ2n) is 8.67. The van der Waals surface area contributed by atoms with E-state index in [1.807, 2.05) is 49.9 Å². The van der Waals surface area contributed by atoms with Crippen LogP contribution < -0.4 is 10.1 Å². The number of hydrogen-bond donors (Lipinski definition) is 1. The third kappa shape index (κ3) is 4.06. The lowest BCUT2D eigenvalue weighted by Crippen LogP contribution is -2.39. The minimum Gasteiger partial charge on any atom is -0.481 e. The first-order valence-corrected chi connectivity index (χ1v) is 10.2. The van der Waals surface area contributed by atoms with Crippen molar-refractivity contribution in [3.63, 3.8) is 0 Å². The van der Waals surface area contributed by atoms with E-state index >= 15 is 0 Å². The van der Waals surface area contributed by atoms with Crippen LogP contribution in [0.4, 0.5) is 5.82 Å². The lowest BCUT2D eigenvalue weighted by Gasteiger charge is -2.25. The summed E-state index contributed by atoms with van der Waals surface area (Å²) >= 11 is 0. The molecule has 0 radical (unpaired) electrons. The van der Waals surface area contributed by atoms with Gasteiger partial charge in [-0.1, -0.05) is 26.8 Å². The normalized spacial score (nSPS) is 16.7. The number of anilines is 1. The van der Waals surface area contributed by atoms with Crippen molar-refractivity contribution in [2.75, 3.05) is 25.5 Å². The van der Waals surface area contributed by atoms with Crippen LogP contribution in [0, 0.1) is 5.41 Å². The van der Waals surface area contributed by atoms with Crippen LogP contribution in [-0.2, 0) is 4.79 Å². The Labute approximate surface area is 176 Å². The first-order chi connectivity index (χ1) is 14.3. The van der Waals surface area contributed by atoms with Crippen molar-refractivity contribution in [3.05, 3.63) is 42.9 Å². The smallest absolute Gasteiger partial charge is 0.228 e. The quantitative estimate of drug-likeness (QED) is 0.712. The van der Waals surface area contributed by atoms with Gasteiger partial charge in [0.05, 0.1) is 12.6 Å². The first kappa shape index (κ1) is 20.1. The molecule has 7 nitrogen and oxygen atoms in total. The van der Waals surface area contributed by atoms with Gasteiger partial charge in [-0.3, -0.25) is 4.79 Å². The van der Waals surface area contributed by atoms with Gasteiger partial charge in [0.15, 0.2) is 0 Å². The van der Waals surface area contributed by atoms with Crippen LogP contribution in [-0.4, -0.2) is 52.0 Å². The maximum absolute atomic E-state index is 12.6. The van der Waals surface area contributed by atoms with Gasteiger partial charge in [-0.2, -0.15) is 0 Å². The van der Waals surface area contributed by atoms with Gasteiger partial charge in [0, 0.05) is 47.8 Å². The van der Waals surface area contributed by atoms with Crippen molar-refractivity contribution in [1.29, 1.82) is 0 Å². The molecule has 1 atom stereocenters. The van der Waals surface area contributed by atoms with Gasteiger partial charge < -0.3 is 15.0 Å². The Bertz CT molecular complexity index is 1060. The molecule has 1 fully saturated rings. The molecule has 30 heavy (non-hydrogen) atoms. The van der Waals surface area contributed by atoms with Crippen LogP contribution >= 0.6 is 0 Å². The van der Waals surface area contributed by atoms with E-state index in [9.17, 15) is 4.79 Å². The Hall–Kier alpha value is -3.22. The van der Waals surface area contributed by atoms with Gasteiger partial charge in [0.25, 0.3) is 0 Å². The highest BCUT2D eigenvalue weighted by molar-refractivity contribution is 5.92. The molecule has 1 N–H and O–H groups in total. The Morgan fingerprint density at radius 1 is 1.13 bits per heavy atom. The molecule has 1 aliphatic rings. The topological polar surface area (TPSA) is 80.2 Å². The molecule has 1 saturated heterocycles. The number of amides is 1. The van der Waals surface area contributed by atoms with Crippen LogP contribution in [0.15, 0.2) is 42.9 Å². The SMILES string of the molecule is COc1ccc(-c2ccc3ncnc(N[C@H]4CCN(C(=O)C(C)(C)C)C4)c3c2)cn1. The zero-order chi connectivity index (χ0) is 21.3. The molecular formula is C23H27N5O2. The van der Waals surface area contributed by atoms with Crippen LogP contribution in [0.2, 0.25) is 0 Å². The van der Waals surface area contributed by atoms with Crippen molar-refractivity contribution in [2.24, 2.45) is 5.41 Å². The molecule has 0 bridgehead atoms. The Kier molecular flexibility index (Phi) is 5.28. The molecule has 0 saturated carbocycles. The highest BCUT2D eigenvalue weighted by Gasteiger charge is 2.33. The monoisotopic (exact) mass is 405 g/mol. The van der Waals surface area contributed by atoms with E-state index in [0.29, 0.717) is 12.4 Å². The van der Waals surface area contributed by atoms with Gasteiger partial charge in [0.1, 0.15) is 12.1 Å². The average Bonchev–Trinajstić information content (AvgIpc) is 3.21. The summed E-state index contributed by atoms with van der Waals surface area (Å²) in [7, 11) is 1.60. The summed E-state index contributed by atoms with van der Waals surface area (Å²) in [4.78, 5) is 27.7. The predicted molar refractivity (Wildman–Crippen MR) is 117 cm³/mol. The number of hydrogen-bond acceptors (Lipinski definition) is 6. The number of carbonyl (C=O) groups excluding carboxylic acids is 1. The van der Waals surface area contributed by atoms with Gasteiger partial charge >= 0.3 is 0 Å². The first-order valence-electron chi connectivity index (χ1n) is 10.2. The number of nitrogens with zero attached hydrogens (tertiary/aromatic N) is 4. The number of fused-ring (bicyclic) bond motifs is 1. The molecule has 0 aliphatic carbocycles. The summed E-state index contributed by atoms with van der Waals surface area (Å²) in [6.07, 6.45) is 4.27. The van der Waals surface area contributed by atoms with E-state index < -0.39 is 0 Å². The highest BCUT2D eigenvalue weighted by atomic mass is 16.5. The standard InChI is InChI=1S/C23H27N5O2/c1-23(2,3)22(29)28-10-9-17(13-28)27-21-18-11-15(5-7-19(18)25-14-26-21)16-6-8-20(30-4)24-12-16/h5-8,11-12,14,17H,9-10,13H2,1-4H3,(H,25,26,27)/t17-/m0/s1. The fourth-order valence-corrected chi connectivity index (χ4v) is 3.75. The number of benzene rings is 1. The van der Waals surface area contributed by atoms with Gasteiger partial charge in [0.2, 0.25) is 11.8 Å². The van der Waals surface area contributed by atoms with Crippen molar-refractivity contribution in [1.82, 2.24) is 19.9 Å². The maximum Gasteiger partial charge on any atom is 0.228 e. The summed E-state index contributed by atoms with van der Waals surface area (Å²) in [5.74, 6) is 1.56. The number of ether oxygens (including phenoxy) is 1. The van der Waals surface area contributed by atoms with Gasteiger partial charge in [-0.15, -0.1) is 0 Å². The van der Waals surface area contributed by atoms with Gasteiger partial charge in [-0.05, 0) is 30.2 Å². The van der Waals surface area contributed by atoms with Crippen molar-refractivity contribution >= 4 is 22.6 Å². The van der Waals surface area contributed by atoms with E-state index in [2.05, 4.69) is 26.3 Å². The highest BCUT2D eigenvalue weighted by Crippen LogP contribution is 2.29. The van der Waals surface area contributed by atoms with Crippen molar-refractivity contribution < 1.29 is 9.53 Å². The van der Waals surface area contributed by atoms with E-state index in [4.69, 9.17) is 4.74 Å². The lowest BCUT2D eigenvalue weighted by molar-refractivity contribution is -0.138. The summed E-state index contributed by atoms with van der Waals surface area (Å²) in [5, 5.41) is 4.49. The zero-order valence-electron chi connectivity index (χ0n) is 17.8. The van der Waals surface area contributed by atoms with Crippen molar-refractivity contribution in [2.45, 2.75) is 33.2 Å². The second-order valence-corrected chi connectivity index (χ2v) is 8.67. The average molecular weight is 406 g/mol. The number of rotatable bonds is 4. The Morgan fingerprint density at radius 2 is 1.93 bits per heavy atom. The molecule has 1 aliphatic heterocycles. The molecule has 1 amide bonds. The zero-order valence-corrected chi connectivity index (χ0v) is 17.8. The maximum atomic E-state index is 12.6. The molecule has 1 aromatic carbocycles. The van der Waals surface area contributed by atoms with E-state index in [1.165, 1.54) is 0 Å². The number of likely N-dealkylation sites (tertiary alicyclic amines) is 1. The minimum atomic E-state index is -0.363. The number of carbonyl (C=O) groups is 1. The lowest BCUT2D eigenvalue weighted by atomic mass is 9.95. The Balaban J connectivity index is 1.58. The Morgan fingerprint density at radius 3 is 2.63 bits per heavy atom. The fraction of sp³-hybridized carbons (Fsp3) is 0.391. The van der Waals surface area contributed by atoms with Crippen molar-refractivity contribution in [3.8, 4) is 17.0 Å². The second kappa shape index (κ2) is 7.89. The molecule has 156 valence electrons. The van der Waals surface area contributed by atoms with Crippen LogP contribution in [0.5, 0.6) is 5.88 Å². The number of aromatic nitrogens is 3. The molecule has 0 spiro atoms.